The van der Waals surface area contributed by atoms with Crippen LogP contribution in [0.4, 0.5) is 4.39 Å². The molecule has 0 aromatic heterocycles. The second kappa shape index (κ2) is 6.04. The standard InChI is InChI=1S/C17H22FNO/c18-16-7-5-15(6-8-16)17(20)10-14-2-1-9-19(12-14)11-13-3-4-13/h5-8,13-14H,1-4,9-12H2. The van der Waals surface area contributed by atoms with E-state index >= 15 is 0 Å². The van der Waals surface area contributed by atoms with Crippen molar-refractivity contribution >= 4 is 5.78 Å². The predicted molar refractivity (Wildman–Crippen MR) is 77.2 cm³/mol. The van der Waals surface area contributed by atoms with Gasteiger partial charge in [-0.2, -0.15) is 0 Å². The van der Waals surface area contributed by atoms with Crippen LogP contribution in [-0.4, -0.2) is 30.3 Å². The quantitative estimate of drug-likeness (QED) is 0.766. The molecule has 1 atom stereocenters. The molecule has 1 aliphatic heterocycles. The lowest BCUT2D eigenvalue weighted by Gasteiger charge is -2.32. The van der Waals surface area contributed by atoms with Crippen LogP contribution in [0, 0.1) is 17.7 Å². The second-order valence-electron chi connectivity index (χ2n) is 6.35. The lowest BCUT2D eigenvalue weighted by Crippen LogP contribution is -2.37. The number of Topliss-reactive ketones (excluding diaryl/α,β-unsaturated/α-hetero) is 1. The zero-order valence-electron chi connectivity index (χ0n) is 11.9. The van der Waals surface area contributed by atoms with Crippen LogP contribution in [0.1, 0.15) is 42.5 Å². The Hall–Kier alpha value is -1.22. The first-order chi connectivity index (χ1) is 9.70. The fourth-order valence-electron chi connectivity index (χ4n) is 3.17. The van der Waals surface area contributed by atoms with Crippen molar-refractivity contribution in [1.29, 1.82) is 0 Å². The van der Waals surface area contributed by atoms with Gasteiger partial charge in [-0.05, 0) is 68.3 Å². The molecule has 2 fully saturated rings. The van der Waals surface area contributed by atoms with Crippen LogP contribution in [0.3, 0.4) is 0 Å². The lowest BCUT2D eigenvalue weighted by molar-refractivity contribution is 0.0914. The maximum atomic E-state index is 12.9. The molecule has 1 unspecified atom stereocenters. The first-order valence-corrected chi connectivity index (χ1v) is 7.72. The van der Waals surface area contributed by atoms with Gasteiger partial charge in [-0.25, -0.2) is 4.39 Å². The number of piperidine rings is 1. The Morgan fingerprint density at radius 3 is 2.60 bits per heavy atom. The molecule has 1 saturated carbocycles. The van der Waals surface area contributed by atoms with E-state index in [1.54, 1.807) is 12.1 Å². The van der Waals surface area contributed by atoms with E-state index in [2.05, 4.69) is 4.90 Å². The van der Waals surface area contributed by atoms with E-state index in [1.807, 2.05) is 0 Å². The van der Waals surface area contributed by atoms with Crippen molar-refractivity contribution in [2.24, 2.45) is 11.8 Å². The van der Waals surface area contributed by atoms with E-state index in [9.17, 15) is 9.18 Å². The zero-order chi connectivity index (χ0) is 13.9. The zero-order valence-corrected chi connectivity index (χ0v) is 11.9. The highest BCUT2D eigenvalue weighted by Crippen LogP contribution is 2.31. The summed E-state index contributed by atoms with van der Waals surface area (Å²) in [5.41, 5.74) is 0.644. The number of nitrogens with zero attached hydrogens (tertiary/aromatic N) is 1. The summed E-state index contributed by atoms with van der Waals surface area (Å²) in [4.78, 5) is 14.8. The summed E-state index contributed by atoms with van der Waals surface area (Å²) >= 11 is 0. The number of rotatable bonds is 5. The minimum atomic E-state index is -0.283. The molecule has 108 valence electrons. The molecule has 20 heavy (non-hydrogen) atoms. The summed E-state index contributed by atoms with van der Waals surface area (Å²) in [6.45, 7) is 3.47. The van der Waals surface area contributed by atoms with E-state index in [4.69, 9.17) is 0 Å². The van der Waals surface area contributed by atoms with Gasteiger partial charge in [0.05, 0.1) is 0 Å². The fraction of sp³-hybridized carbons (Fsp3) is 0.588. The maximum absolute atomic E-state index is 12.9. The summed E-state index contributed by atoms with van der Waals surface area (Å²) in [6.07, 6.45) is 5.72. The molecule has 2 aliphatic rings. The Morgan fingerprint density at radius 2 is 1.90 bits per heavy atom. The summed E-state index contributed by atoms with van der Waals surface area (Å²) in [5, 5.41) is 0. The molecule has 0 amide bonds. The van der Waals surface area contributed by atoms with Crippen LogP contribution in [0.15, 0.2) is 24.3 Å². The van der Waals surface area contributed by atoms with Gasteiger partial charge in [0.1, 0.15) is 5.82 Å². The molecule has 0 N–H and O–H groups in total. The number of halogens is 1. The van der Waals surface area contributed by atoms with Gasteiger partial charge in [-0.1, -0.05) is 0 Å². The smallest absolute Gasteiger partial charge is 0.163 e. The number of carbonyl (C=O) groups excluding carboxylic acids is 1. The molecule has 1 heterocycles. The van der Waals surface area contributed by atoms with Crippen molar-refractivity contribution in [1.82, 2.24) is 4.90 Å². The van der Waals surface area contributed by atoms with Gasteiger partial charge in [-0.15, -0.1) is 0 Å². The molecular weight excluding hydrogens is 253 g/mol. The van der Waals surface area contributed by atoms with Gasteiger partial charge < -0.3 is 4.90 Å². The van der Waals surface area contributed by atoms with Crippen molar-refractivity contribution in [3.05, 3.63) is 35.6 Å². The van der Waals surface area contributed by atoms with Gasteiger partial charge in [0, 0.05) is 25.1 Å². The molecular formula is C17H22FNO. The van der Waals surface area contributed by atoms with Gasteiger partial charge in [0.2, 0.25) is 0 Å². The molecule has 3 heteroatoms. The third-order valence-corrected chi connectivity index (χ3v) is 4.46. The Labute approximate surface area is 120 Å². The van der Waals surface area contributed by atoms with Crippen LogP contribution in [0.5, 0.6) is 0 Å². The number of likely N-dealkylation sites (tertiary alicyclic amines) is 1. The Balaban J connectivity index is 1.53. The van der Waals surface area contributed by atoms with E-state index in [0.717, 1.165) is 18.9 Å². The minimum absolute atomic E-state index is 0.156. The van der Waals surface area contributed by atoms with Gasteiger partial charge in [-0.3, -0.25) is 4.79 Å². The first kappa shape index (κ1) is 13.7. The summed E-state index contributed by atoms with van der Waals surface area (Å²) in [6, 6.07) is 5.94. The molecule has 1 aliphatic carbocycles. The third kappa shape index (κ3) is 3.66. The third-order valence-electron chi connectivity index (χ3n) is 4.46. The van der Waals surface area contributed by atoms with Crippen LogP contribution in [-0.2, 0) is 0 Å². The minimum Gasteiger partial charge on any atom is -0.303 e. The van der Waals surface area contributed by atoms with Crippen LogP contribution < -0.4 is 0 Å². The predicted octanol–water partition coefficient (Wildman–Crippen LogP) is 3.52. The summed E-state index contributed by atoms with van der Waals surface area (Å²) in [7, 11) is 0. The summed E-state index contributed by atoms with van der Waals surface area (Å²) in [5.74, 6) is 1.26. The maximum Gasteiger partial charge on any atom is 0.163 e. The van der Waals surface area contributed by atoms with E-state index < -0.39 is 0 Å². The van der Waals surface area contributed by atoms with E-state index in [-0.39, 0.29) is 11.6 Å². The molecule has 1 saturated heterocycles. The van der Waals surface area contributed by atoms with E-state index in [1.165, 1.54) is 44.5 Å². The molecule has 0 radical (unpaired) electrons. The average molecular weight is 275 g/mol. The molecule has 3 rings (SSSR count). The molecule has 1 aromatic rings. The molecule has 2 nitrogen and oxygen atoms in total. The highest BCUT2D eigenvalue weighted by Gasteiger charge is 2.28. The Kier molecular flexibility index (Phi) is 4.16. The fourth-order valence-corrected chi connectivity index (χ4v) is 3.17. The Morgan fingerprint density at radius 1 is 1.15 bits per heavy atom. The number of carbonyl (C=O) groups is 1. The van der Waals surface area contributed by atoms with Crippen molar-refractivity contribution < 1.29 is 9.18 Å². The largest absolute Gasteiger partial charge is 0.303 e. The molecule has 0 spiro atoms. The average Bonchev–Trinajstić information content (AvgIpc) is 3.24. The molecule has 1 aromatic carbocycles. The second-order valence-corrected chi connectivity index (χ2v) is 6.35. The molecule has 0 bridgehead atoms. The highest BCUT2D eigenvalue weighted by molar-refractivity contribution is 5.96. The lowest BCUT2D eigenvalue weighted by atomic mass is 9.91. The first-order valence-electron chi connectivity index (χ1n) is 7.72. The van der Waals surface area contributed by atoms with Crippen molar-refractivity contribution in [3.8, 4) is 0 Å². The van der Waals surface area contributed by atoms with Gasteiger partial charge >= 0.3 is 0 Å². The Bertz CT molecular complexity index is 466. The van der Waals surface area contributed by atoms with Crippen LogP contribution in [0.2, 0.25) is 0 Å². The topological polar surface area (TPSA) is 20.3 Å². The number of hydrogen-bond donors (Lipinski definition) is 0. The van der Waals surface area contributed by atoms with Crippen molar-refractivity contribution in [3.63, 3.8) is 0 Å². The van der Waals surface area contributed by atoms with Gasteiger partial charge in [0.15, 0.2) is 5.78 Å². The monoisotopic (exact) mass is 275 g/mol. The number of hydrogen-bond acceptors (Lipinski definition) is 2. The summed E-state index contributed by atoms with van der Waals surface area (Å²) < 4.78 is 12.9. The highest BCUT2D eigenvalue weighted by atomic mass is 19.1. The van der Waals surface area contributed by atoms with Crippen LogP contribution >= 0.6 is 0 Å². The number of benzene rings is 1. The van der Waals surface area contributed by atoms with Crippen LogP contribution in [0.25, 0.3) is 0 Å². The normalized spacial score (nSPS) is 23.8. The van der Waals surface area contributed by atoms with Gasteiger partial charge in [0.25, 0.3) is 0 Å². The van der Waals surface area contributed by atoms with Crippen molar-refractivity contribution in [2.75, 3.05) is 19.6 Å². The SMILES string of the molecule is O=C(CC1CCCN(CC2CC2)C1)c1ccc(F)cc1. The van der Waals surface area contributed by atoms with Crippen molar-refractivity contribution in [2.45, 2.75) is 32.1 Å². The van der Waals surface area contributed by atoms with E-state index in [0.29, 0.717) is 17.9 Å². The number of ketones is 1.